The van der Waals surface area contributed by atoms with Crippen molar-refractivity contribution in [2.75, 3.05) is 5.32 Å². The molecule has 0 radical (unpaired) electrons. The number of carbonyl (C=O) groups is 1. The molecule has 2 atom stereocenters. The van der Waals surface area contributed by atoms with Gasteiger partial charge in [-0.15, -0.1) is 0 Å². The number of rotatable bonds is 5. The Morgan fingerprint density at radius 1 is 1.20 bits per heavy atom. The summed E-state index contributed by atoms with van der Waals surface area (Å²) in [4.78, 5) is 12.3. The first kappa shape index (κ1) is 19.2. The number of amides is 1. The second-order valence-electron chi connectivity index (χ2n) is 5.74. The molecule has 4 nitrogen and oxygen atoms in total. The maximum Gasteiger partial charge on any atom is 0.282 e. The summed E-state index contributed by atoms with van der Waals surface area (Å²) in [6.45, 7) is 3.58. The summed E-state index contributed by atoms with van der Waals surface area (Å²) in [5, 5.41) is 13.7. The monoisotopic (exact) mass is 380 g/mol. The largest absolute Gasteiger partial charge is 0.330 e. The van der Waals surface area contributed by atoms with Crippen LogP contribution in [0.1, 0.15) is 31.0 Å². The van der Waals surface area contributed by atoms with Crippen LogP contribution >= 0.6 is 23.2 Å². The van der Waals surface area contributed by atoms with Gasteiger partial charge in [0.2, 0.25) is 0 Å². The number of anilines is 1. The van der Waals surface area contributed by atoms with Crippen molar-refractivity contribution in [3.8, 4) is 6.07 Å². The van der Waals surface area contributed by atoms with Gasteiger partial charge in [0, 0.05) is 11.3 Å². The van der Waals surface area contributed by atoms with Crippen molar-refractivity contribution in [3.05, 3.63) is 63.4 Å². The maximum atomic E-state index is 13.7. The number of benzene rings is 2. The van der Waals surface area contributed by atoms with Crippen molar-refractivity contribution in [3.63, 3.8) is 0 Å². The molecule has 2 aromatic carbocycles. The summed E-state index contributed by atoms with van der Waals surface area (Å²) in [5.41, 5.74) is 1.69. The Kier molecular flexibility index (Phi) is 6.38. The normalized spacial score (nSPS) is 13.0. The van der Waals surface area contributed by atoms with Crippen molar-refractivity contribution in [2.24, 2.45) is 0 Å². The number of nitrogens with one attached hydrogen (secondary N) is 1. The van der Waals surface area contributed by atoms with E-state index in [0.717, 1.165) is 0 Å². The molecule has 0 fully saturated rings. The minimum absolute atomic E-state index is 0.0347. The van der Waals surface area contributed by atoms with Crippen molar-refractivity contribution < 1.29 is 14.5 Å². The van der Waals surface area contributed by atoms with Crippen LogP contribution in [-0.4, -0.2) is 11.9 Å². The Labute approximate surface area is 155 Å². The van der Waals surface area contributed by atoms with Gasteiger partial charge in [0.05, 0.1) is 21.7 Å². The average Bonchev–Trinajstić information content (AvgIpc) is 2.58. The van der Waals surface area contributed by atoms with E-state index in [1.807, 2.05) is 13.0 Å². The number of quaternary nitrogens is 1. The van der Waals surface area contributed by atoms with Gasteiger partial charge in [0.25, 0.3) is 5.91 Å². The van der Waals surface area contributed by atoms with E-state index in [-0.39, 0.29) is 17.0 Å². The van der Waals surface area contributed by atoms with Gasteiger partial charge in [-0.1, -0.05) is 23.2 Å². The molecule has 0 aromatic heterocycles. The predicted molar refractivity (Wildman–Crippen MR) is 96.0 cm³/mol. The lowest BCUT2D eigenvalue weighted by molar-refractivity contribution is -0.709. The molecule has 130 valence electrons. The van der Waals surface area contributed by atoms with E-state index >= 15 is 0 Å². The van der Waals surface area contributed by atoms with Crippen LogP contribution in [0.25, 0.3) is 0 Å². The van der Waals surface area contributed by atoms with Gasteiger partial charge < -0.3 is 10.6 Å². The van der Waals surface area contributed by atoms with E-state index in [4.69, 9.17) is 28.5 Å². The molecule has 0 unspecified atom stereocenters. The Hall–Kier alpha value is -2.13. The van der Waals surface area contributed by atoms with E-state index in [0.29, 0.717) is 21.8 Å². The van der Waals surface area contributed by atoms with Crippen LogP contribution in [0.3, 0.4) is 0 Å². The van der Waals surface area contributed by atoms with Gasteiger partial charge in [0.15, 0.2) is 6.04 Å². The first-order valence-corrected chi connectivity index (χ1v) is 8.38. The van der Waals surface area contributed by atoms with Gasteiger partial charge in [-0.3, -0.25) is 4.79 Å². The molecule has 2 aromatic rings. The molecule has 0 aliphatic carbocycles. The van der Waals surface area contributed by atoms with Crippen LogP contribution in [0, 0.1) is 17.1 Å². The molecule has 0 aliphatic heterocycles. The average molecular weight is 381 g/mol. The smallest absolute Gasteiger partial charge is 0.282 e. The fourth-order valence-corrected chi connectivity index (χ4v) is 2.95. The van der Waals surface area contributed by atoms with Gasteiger partial charge in [-0.2, -0.15) is 5.26 Å². The third-order valence-electron chi connectivity index (χ3n) is 3.80. The first-order chi connectivity index (χ1) is 11.8. The zero-order valence-electron chi connectivity index (χ0n) is 13.7. The van der Waals surface area contributed by atoms with Crippen molar-refractivity contribution >= 4 is 34.8 Å². The third kappa shape index (κ3) is 4.93. The number of nitriles is 1. The Morgan fingerprint density at radius 3 is 2.44 bits per heavy atom. The standard InChI is InChI=1S/C18H16Cl2FN3O/c1-10(14-7-17(21)16(20)8-15(14)19)23-11(2)18(25)24-13-5-3-12(9-22)4-6-13/h3-8,10-11,23H,1-2H3,(H,24,25)/p+1/t10-,11+/m1/s1. The SMILES string of the molecule is C[C@H]([NH2+][C@H](C)c1cc(F)c(Cl)cc1Cl)C(=O)Nc1ccc(C#N)cc1. The van der Waals surface area contributed by atoms with Crippen LogP contribution in [-0.2, 0) is 4.79 Å². The summed E-state index contributed by atoms with van der Waals surface area (Å²) in [5.74, 6) is -0.752. The fourth-order valence-electron chi connectivity index (χ4n) is 2.40. The number of nitrogens with zero attached hydrogens (tertiary/aromatic N) is 1. The zero-order chi connectivity index (χ0) is 18.6. The van der Waals surface area contributed by atoms with E-state index in [1.54, 1.807) is 36.5 Å². The number of hydrogen-bond acceptors (Lipinski definition) is 2. The molecular formula is C18H17Cl2FN3O+. The molecule has 7 heteroatoms. The molecule has 0 saturated carbocycles. The van der Waals surface area contributed by atoms with Gasteiger partial charge in [-0.05, 0) is 50.2 Å². The highest BCUT2D eigenvalue weighted by atomic mass is 35.5. The number of carbonyl (C=O) groups excluding carboxylic acids is 1. The topological polar surface area (TPSA) is 69.5 Å². The lowest BCUT2D eigenvalue weighted by atomic mass is 10.1. The highest BCUT2D eigenvalue weighted by molar-refractivity contribution is 6.35. The molecule has 0 aliphatic rings. The van der Waals surface area contributed by atoms with Crippen LogP contribution in [0.4, 0.5) is 10.1 Å². The Balaban J connectivity index is 2.02. The second-order valence-corrected chi connectivity index (χ2v) is 6.55. The molecule has 3 N–H and O–H groups in total. The maximum absolute atomic E-state index is 13.7. The lowest BCUT2D eigenvalue weighted by Gasteiger charge is -2.18. The number of hydrogen-bond donors (Lipinski definition) is 2. The summed E-state index contributed by atoms with van der Waals surface area (Å²) in [6, 6.07) is 10.6. The molecule has 0 spiro atoms. The van der Waals surface area contributed by atoms with Crippen LogP contribution in [0.5, 0.6) is 0 Å². The fraction of sp³-hybridized carbons (Fsp3) is 0.222. The van der Waals surface area contributed by atoms with Crippen LogP contribution in [0.2, 0.25) is 10.0 Å². The number of nitrogens with two attached hydrogens (primary N) is 1. The van der Waals surface area contributed by atoms with E-state index in [1.165, 1.54) is 12.1 Å². The zero-order valence-corrected chi connectivity index (χ0v) is 15.2. The summed E-state index contributed by atoms with van der Waals surface area (Å²) in [6.07, 6.45) is 0. The van der Waals surface area contributed by atoms with E-state index in [2.05, 4.69) is 5.32 Å². The third-order valence-corrected chi connectivity index (χ3v) is 4.42. The minimum atomic E-state index is -0.545. The van der Waals surface area contributed by atoms with Crippen molar-refractivity contribution in [2.45, 2.75) is 25.9 Å². The van der Waals surface area contributed by atoms with Gasteiger partial charge >= 0.3 is 0 Å². The summed E-state index contributed by atoms with van der Waals surface area (Å²) < 4.78 is 13.7. The Morgan fingerprint density at radius 2 is 1.84 bits per heavy atom. The second kappa shape index (κ2) is 8.30. The van der Waals surface area contributed by atoms with Crippen molar-refractivity contribution in [1.29, 1.82) is 5.26 Å². The predicted octanol–water partition coefficient (Wildman–Crippen LogP) is 3.66. The molecule has 0 saturated heterocycles. The summed E-state index contributed by atoms with van der Waals surface area (Å²) in [7, 11) is 0. The molecule has 2 rings (SSSR count). The molecule has 0 heterocycles. The van der Waals surface area contributed by atoms with E-state index in [9.17, 15) is 9.18 Å². The van der Waals surface area contributed by atoms with Gasteiger partial charge in [0.1, 0.15) is 11.9 Å². The molecule has 0 bridgehead atoms. The lowest BCUT2D eigenvalue weighted by Crippen LogP contribution is -2.91. The highest BCUT2D eigenvalue weighted by Crippen LogP contribution is 2.27. The van der Waals surface area contributed by atoms with Crippen LogP contribution in [0.15, 0.2) is 36.4 Å². The van der Waals surface area contributed by atoms with Crippen LogP contribution < -0.4 is 10.6 Å². The number of halogens is 3. The molecular weight excluding hydrogens is 364 g/mol. The molecule has 1 amide bonds. The van der Waals surface area contributed by atoms with Crippen molar-refractivity contribution in [1.82, 2.24) is 0 Å². The quantitative estimate of drug-likeness (QED) is 0.777. The molecule has 25 heavy (non-hydrogen) atoms. The minimum Gasteiger partial charge on any atom is -0.330 e. The van der Waals surface area contributed by atoms with Gasteiger partial charge in [-0.25, -0.2) is 4.39 Å². The van der Waals surface area contributed by atoms with E-state index < -0.39 is 11.9 Å². The summed E-state index contributed by atoms with van der Waals surface area (Å²) >= 11 is 11.8. The first-order valence-electron chi connectivity index (χ1n) is 7.62. The highest BCUT2D eigenvalue weighted by Gasteiger charge is 2.23. The Bertz CT molecular complexity index is 818.